The molecule has 0 bridgehead atoms. The van der Waals surface area contributed by atoms with Gasteiger partial charge in [0.1, 0.15) is 5.01 Å². The molecule has 1 amide bonds. The fourth-order valence-electron chi connectivity index (χ4n) is 2.21. The predicted molar refractivity (Wildman–Crippen MR) is 107 cm³/mol. The molecule has 24 heavy (non-hydrogen) atoms. The predicted octanol–water partition coefficient (Wildman–Crippen LogP) is 3.62. The highest BCUT2D eigenvalue weighted by atomic mass is 35.5. The van der Waals surface area contributed by atoms with Gasteiger partial charge in [-0.15, -0.1) is 36.2 Å². The van der Waals surface area contributed by atoms with Gasteiger partial charge in [0, 0.05) is 23.5 Å². The first-order valence-corrected chi connectivity index (χ1v) is 8.48. The van der Waals surface area contributed by atoms with Crippen LogP contribution in [0.15, 0.2) is 29.6 Å². The molecule has 0 saturated carbocycles. The summed E-state index contributed by atoms with van der Waals surface area (Å²) in [6.07, 6.45) is 0.334. The SMILES string of the molecule is CCN[C@H](C)CNC(=O)Cc1csc(-c2cccc(C)c2)n1.Cl.Cl. The van der Waals surface area contributed by atoms with Gasteiger partial charge in [-0.1, -0.05) is 30.7 Å². The minimum Gasteiger partial charge on any atom is -0.354 e. The number of aryl methyl sites for hydroxylation is 1. The first-order valence-electron chi connectivity index (χ1n) is 7.60. The Morgan fingerprint density at radius 3 is 2.75 bits per heavy atom. The lowest BCUT2D eigenvalue weighted by molar-refractivity contribution is -0.120. The van der Waals surface area contributed by atoms with Crippen molar-refractivity contribution in [3.63, 3.8) is 0 Å². The molecule has 7 heteroatoms. The number of halogens is 2. The first kappa shape index (κ1) is 22.9. The molecule has 2 N–H and O–H groups in total. The fourth-order valence-corrected chi connectivity index (χ4v) is 3.03. The minimum absolute atomic E-state index is 0. The second-order valence-corrected chi connectivity index (χ2v) is 6.31. The molecule has 2 rings (SSSR count). The van der Waals surface area contributed by atoms with E-state index >= 15 is 0 Å². The summed E-state index contributed by atoms with van der Waals surface area (Å²) in [5.41, 5.74) is 3.15. The Morgan fingerprint density at radius 2 is 2.08 bits per heavy atom. The Hall–Kier alpha value is -1.14. The van der Waals surface area contributed by atoms with E-state index in [1.165, 1.54) is 5.56 Å². The van der Waals surface area contributed by atoms with Gasteiger partial charge in [0.25, 0.3) is 0 Å². The van der Waals surface area contributed by atoms with Gasteiger partial charge in [-0.2, -0.15) is 0 Å². The van der Waals surface area contributed by atoms with Gasteiger partial charge in [-0.25, -0.2) is 4.98 Å². The number of aromatic nitrogens is 1. The Balaban J connectivity index is 0.00000264. The second-order valence-electron chi connectivity index (χ2n) is 5.45. The average molecular weight is 390 g/mol. The summed E-state index contributed by atoms with van der Waals surface area (Å²) in [5, 5.41) is 9.13. The summed E-state index contributed by atoms with van der Waals surface area (Å²) >= 11 is 1.58. The Bertz CT molecular complexity index is 634. The summed E-state index contributed by atoms with van der Waals surface area (Å²) in [7, 11) is 0. The third kappa shape index (κ3) is 7.18. The zero-order valence-electron chi connectivity index (χ0n) is 14.2. The van der Waals surface area contributed by atoms with E-state index in [1.54, 1.807) is 11.3 Å². The average Bonchev–Trinajstić information content (AvgIpc) is 2.94. The highest BCUT2D eigenvalue weighted by Gasteiger charge is 2.10. The topological polar surface area (TPSA) is 54.0 Å². The lowest BCUT2D eigenvalue weighted by Gasteiger charge is -2.12. The molecule has 0 saturated heterocycles. The summed E-state index contributed by atoms with van der Waals surface area (Å²) in [5.74, 6) is 0.0193. The molecule has 0 aliphatic rings. The lowest BCUT2D eigenvalue weighted by Crippen LogP contribution is -2.39. The van der Waals surface area contributed by atoms with Crippen LogP contribution in [0.5, 0.6) is 0 Å². The van der Waals surface area contributed by atoms with Crippen molar-refractivity contribution in [2.24, 2.45) is 0 Å². The number of nitrogens with zero attached hydrogens (tertiary/aromatic N) is 1. The maximum atomic E-state index is 11.9. The van der Waals surface area contributed by atoms with E-state index in [0.717, 1.165) is 22.8 Å². The third-order valence-corrected chi connectivity index (χ3v) is 4.26. The van der Waals surface area contributed by atoms with Crippen LogP contribution in [0.1, 0.15) is 25.1 Å². The largest absolute Gasteiger partial charge is 0.354 e. The standard InChI is InChI=1S/C17H23N3OS.2ClH/c1-4-18-13(3)10-19-16(21)9-15-11-22-17(20-15)14-7-5-6-12(2)8-14;;/h5-8,11,13,18H,4,9-10H2,1-3H3,(H,19,21);2*1H/t13-;;/m1../s1. The zero-order chi connectivity index (χ0) is 15.9. The Morgan fingerprint density at radius 1 is 1.33 bits per heavy atom. The van der Waals surface area contributed by atoms with Crippen molar-refractivity contribution in [1.29, 1.82) is 0 Å². The monoisotopic (exact) mass is 389 g/mol. The molecule has 2 aromatic rings. The van der Waals surface area contributed by atoms with Crippen LogP contribution in [0.25, 0.3) is 10.6 Å². The van der Waals surface area contributed by atoms with Crippen molar-refractivity contribution >= 4 is 42.1 Å². The summed E-state index contributed by atoms with van der Waals surface area (Å²) in [6, 6.07) is 8.54. The number of nitrogens with one attached hydrogen (secondary N) is 2. The molecule has 0 aliphatic heterocycles. The molecule has 1 aromatic heterocycles. The van der Waals surface area contributed by atoms with Crippen LogP contribution in [0.4, 0.5) is 0 Å². The quantitative estimate of drug-likeness (QED) is 0.759. The van der Waals surface area contributed by atoms with Crippen LogP contribution >= 0.6 is 36.2 Å². The third-order valence-electron chi connectivity index (χ3n) is 3.32. The fraction of sp³-hybridized carbons (Fsp3) is 0.412. The zero-order valence-corrected chi connectivity index (χ0v) is 16.6. The maximum absolute atomic E-state index is 11.9. The van der Waals surface area contributed by atoms with E-state index in [0.29, 0.717) is 13.0 Å². The highest BCUT2D eigenvalue weighted by molar-refractivity contribution is 7.13. The number of benzene rings is 1. The second kappa shape index (κ2) is 11.4. The van der Waals surface area contributed by atoms with E-state index in [9.17, 15) is 4.79 Å². The maximum Gasteiger partial charge on any atom is 0.226 e. The molecule has 0 unspecified atom stereocenters. The molecule has 0 radical (unpaired) electrons. The molecule has 134 valence electrons. The molecular weight excluding hydrogens is 365 g/mol. The van der Waals surface area contributed by atoms with E-state index in [4.69, 9.17) is 0 Å². The number of thiazole rings is 1. The highest BCUT2D eigenvalue weighted by Crippen LogP contribution is 2.24. The summed E-state index contributed by atoms with van der Waals surface area (Å²) in [4.78, 5) is 16.5. The number of amides is 1. The minimum atomic E-state index is 0. The molecule has 4 nitrogen and oxygen atoms in total. The smallest absolute Gasteiger partial charge is 0.226 e. The number of hydrogen-bond acceptors (Lipinski definition) is 4. The molecule has 0 fully saturated rings. The number of likely N-dealkylation sites (N-methyl/N-ethyl adjacent to an activating group) is 1. The van der Waals surface area contributed by atoms with Crippen LogP contribution < -0.4 is 10.6 Å². The number of hydrogen-bond donors (Lipinski definition) is 2. The van der Waals surface area contributed by atoms with Crippen molar-refractivity contribution in [2.75, 3.05) is 13.1 Å². The molecule has 1 aromatic carbocycles. The molecular formula is C17H25Cl2N3OS. The molecule has 1 heterocycles. The van der Waals surface area contributed by atoms with Crippen LogP contribution in [0.2, 0.25) is 0 Å². The van der Waals surface area contributed by atoms with Gasteiger partial charge in [0.05, 0.1) is 12.1 Å². The molecule has 0 spiro atoms. The number of carbonyl (C=O) groups excluding carboxylic acids is 1. The van der Waals surface area contributed by atoms with Crippen molar-refractivity contribution < 1.29 is 4.79 Å². The van der Waals surface area contributed by atoms with Gasteiger partial charge in [-0.3, -0.25) is 4.79 Å². The van der Waals surface area contributed by atoms with Crippen molar-refractivity contribution in [3.8, 4) is 10.6 Å². The normalized spacial score (nSPS) is 11.1. The van der Waals surface area contributed by atoms with Crippen LogP contribution in [0.3, 0.4) is 0 Å². The lowest BCUT2D eigenvalue weighted by atomic mass is 10.1. The Labute approximate surface area is 160 Å². The van der Waals surface area contributed by atoms with E-state index in [-0.39, 0.29) is 36.8 Å². The van der Waals surface area contributed by atoms with Gasteiger partial charge in [-0.05, 0) is 26.5 Å². The first-order chi connectivity index (χ1) is 10.6. The van der Waals surface area contributed by atoms with Crippen molar-refractivity contribution in [2.45, 2.75) is 33.2 Å². The van der Waals surface area contributed by atoms with E-state index < -0.39 is 0 Å². The van der Waals surface area contributed by atoms with Crippen LogP contribution in [0, 0.1) is 6.92 Å². The van der Waals surface area contributed by atoms with Crippen molar-refractivity contribution in [3.05, 3.63) is 40.9 Å². The van der Waals surface area contributed by atoms with Gasteiger partial charge in [0.2, 0.25) is 5.91 Å². The van der Waals surface area contributed by atoms with Gasteiger partial charge < -0.3 is 10.6 Å². The number of rotatable bonds is 7. The van der Waals surface area contributed by atoms with E-state index in [2.05, 4.69) is 48.5 Å². The Kier molecular flexibility index (Phi) is 10.9. The van der Waals surface area contributed by atoms with Crippen LogP contribution in [-0.2, 0) is 11.2 Å². The summed E-state index contributed by atoms with van der Waals surface area (Å²) < 4.78 is 0. The van der Waals surface area contributed by atoms with Crippen molar-refractivity contribution in [1.82, 2.24) is 15.6 Å². The summed E-state index contributed by atoms with van der Waals surface area (Å²) in [6.45, 7) is 7.73. The van der Waals surface area contributed by atoms with E-state index in [1.807, 2.05) is 17.5 Å². The molecule has 1 atom stereocenters. The number of carbonyl (C=O) groups is 1. The van der Waals surface area contributed by atoms with Crippen LogP contribution in [-0.4, -0.2) is 30.0 Å². The molecule has 0 aliphatic carbocycles. The van der Waals surface area contributed by atoms with Gasteiger partial charge >= 0.3 is 0 Å². The van der Waals surface area contributed by atoms with Gasteiger partial charge in [0.15, 0.2) is 0 Å².